The predicted molar refractivity (Wildman–Crippen MR) is 124 cm³/mol. The number of rotatable bonds is 8. The molecule has 0 bridgehead atoms. The van der Waals surface area contributed by atoms with Gasteiger partial charge in [0.1, 0.15) is 5.75 Å². The molecule has 1 N–H and O–H groups in total. The van der Waals surface area contributed by atoms with Gasteiger partial charge < -0.3 is 10.1 Å². The van der Waals surface area contributed by atoms with Gasteiger partial charge in [-0.2, -0.15) is 0 Å². The molecule has 0 heterocycles. The van der Waals surface area contributed by atoms with E-state index in [9.17, 15) is 13.2 Å². The second-order valence-corrected chi connectivity index (χ2v) is 9.38. The van der Waals surface area contributed by atoms with Crippen molar-refractivity contribution in [1.82, 2.24) is 0 Å². The number of sulfonamides is 1. The van der Waals surface area contributed by atoms with Gasteiger partial charge in [-0.15, -0.1) is 0 Å². The molecule has 8 heteroatoms. The highest BCUT2D eigenvalue weighted by Crippen LogP contribution is 2.26. The zero-order valence-corrected chi connectivity index (χ0v) is 18.8. The fourth-order valence-corrected chi connectivity index (χ4v) is 4.03. The van der Waals surface area contributed by atoms with Crippen LogP contribution >= 0.6 is 11.6 Å². The zero-order chi connectivity index (χ0) is 22.4. The van der Waals surface area contributed by atoms with Crippen LogP contribution in [0.5, 0.6) is 5.75 Å². The van der Waals surface area contributed by atoms with E-state index in [-0.39, 0.29) is 19.1 Å². The van der Waals surface area contributed by atoms with Crippen molar-refractivity contribution in [3.05, 3.63) is 88.9 Å². The van der Waals surface area contributed by atoms with Crippen molar-refractivity contribution in [2.45, 2.75) is 13.5 Å². The molecular formula is C23H23ClN2O4S. The molecule has 0 saturated heterocycles. The Hall–Kier alpha value is -3.03. The normalized spacial score (nSPS) is 11.1. The van der Waals surface area contributed by atoms with Crippen molar-refractivity contribution >= 4 is 38.9 Å². The summed E-state index contributed by atoms with van der Waals surface area (Å²) in [4.78, 5) is 12.1. The van der Waals surface area contributed by atoms with Crippen LogP contribution in [-0.2, 0) is 21.4 Å². The van der Waals surface area contributed by atoms with Crippen molar-refractivity contribution in [1.29, 1.82) is 0 Å². The highest BCUT2D eigenvalue weighted by molar-refractivity contribution is 7.92. The summed E-state index contributed by atoms with van der Waals surface area (Å²) in [5.41, 5.74) is 2.91. The number of carbonyl (C=O) groups is 1. The average molecular weight is 459 g/mol. The number of anilines is 2. The molecule has 0 aliphatic heterocycles. The van der Waals surface area contributed by atoms with Gasteiger partial charge in [0.25, 0.3) is 5.91 Å². The molecule has 162 valence electrons. The van der Waals surface area contributed by atoms with Crippen LogP contribution < -0.4 is 14.4 Å². The Kier molecular flexibility index (Phi) is 7.20. The predicted octanol–water partition coefficient (Wildman–Crippen LogP) is 4.63. The van der Waals surface area contributed by atoms with Gasteiger partial charge in [0.05, 0.1) is 18.5 Å². The Bertz CT molecular complexity index is 1160. The number of nitrogens with one attached hydrogen (secondary N) is 1. The SMILES string of the molecule is Cc1cccc(NC(=O)COc2ccc(N(Cc3ccccc3Cl)S(C)(=O)=O)cc2)c1. The van der Waals surface area contributed by atoms with Gasteiger partial charge in [0.15, 0.2) is 6.61 Å². The van der Waals surface area contributed by atoms with Gasteiger partial charge in [-0.1, -0.05) is 41.9 Å². The minimum Gasteiger partial charge on any atom is -0.484 e. The van der Waals surface area contributed by atoms with Crippen LogP contribution in [0.4, 0.5) is 11.4 Å². The lowest BCUT2D eigenvalue weighted by Gasteiger charge is -2.23. The number of halogens is 1. The van der Waals surface area contributed by atoms with E-state index in [1.165, 1.54) is 4.31 Å². The molecule has 0 aromatic heterocycles. The van der Waals surface area contributed by atoms with Gasteiger partial charge in [-0.25, -0.2) is 8.42 Å². The quantitative estimate of drug-likeness (QED) is 0.534. The lowest BCUT2D eigenvalue weighted by Crippen LogP contribution is -2.29. The maximum atomic E-state index is 12.3. The number of nitrogens with zero attached hydrogens (tertiary/aromatic N) is 1. The van der Waals surface area contributed by atoms with Crippen molar-refractivity contribution in [2.24, 2.45) is 0 Å². The Labute approximate surface area is 187 Å². The van der Waals surface area contributed by atoms with E-state index in [1.54, 1.807) is 54.6 Å². The molecular weight excluding hydrogens is 436 g/mol. The number of benzene rings is 3. The number of amides is 1. The standard InChI is InChI=1S/C23H23ClN2O4S/c1-17-6-5-8-19(14-17)25-23(27)16-30-21-12-10-20(11-13-21)26(31(2,28)29)15-18-7-3-4-9-22(18)24/h3-14H,15-16H2,1-2H3,(H,25,27). The van der Waals surface area contributed by atoms with E-state index in [2.05, 4.69) is 5.32 Å². The van der Waals surface area contributed by atoms with Gasteiger partial charge in [-0.3, -0.25) is 9.10 Å². The minimum atomic E-state index is -3.54. The Morgan fingerprint density at radius 2 is 1.74 bits per heavy atom. The first-order valence-corrected chi connectivity index (χ1v) is 11.8. The molecule has 1 amide bonds. The summed E-state index contributed by atoms with van der Waals surface area (Å²) in [6.45, 7) is 1.89. The van der Waals surface area contributed by atoms with Crippen LogP contribution in [-0.4, -0.2) is 27.2 Å². The fraction of sp³-hybridized carbons (Fsp3) is 0.174. The first kappa shape index (κ1) is 22.7. The largest absolute Gasteiger partial charge is 0.484 e. The minimum absolute atomic E-state index is 0.109. The third-order valence-corrected chi connectivity index (χ3v) is 5.98. The third kappa shape index (κ3) is 6.47. The summed E-state index contributed by atoms with van der Waals surface area (Å²) in [5.74, 6) is 0.167. The molecule has 0 aliphatic carbocycles. The number of hydrogen-bond acceptors (Lipinski definition) is 4. The molecule has 0 spiro atoms. The average Bonchev–Trinajstić information content (AvgIpc) is 2.71. The lowest BCUT2D eigenvalue weighted by atomic mass is 10.2. The van der Waals surface area contributed by atoms with Gasteiger partial charge in [-0.05, 0) is 60.5 Å². The molecule has 0 aliphatic rings. The fourth-order valence-electron chi connectivity index (χ4n) is 2.96. The van der Waals surface area contributed by atoms with Crippen molar-refractivity contribution in [3.8, 4) is 5.75 Å². The Balaban J connectivity index is 1.66. The third-order valence-electron chi connectivity index (χ3n) is 4.47. The molecule has 0 fully saturated rings. The van der Waals surface area contributed by atoms with Crippen LogP contribution in [0.25, 0.3) is 0 Å². The Morgan fingerprint density at radius 1 is 1.03 bits per heavy atom. The first-order chi connectivity index (χ1) is 14.7. The summed E-state index contributed by atoms with van der Waals surface area (Å²) in [6, 6.07) is 21.1. The van der Waals surface area contributed by atoms with Crippen LogP contribution in [0.1, 0.15) is 11.1 Å². The number of carbonyl (C=O) groups excluding carboxylic acids is 1. The monoisotopic (exact) mass is 458 g/mol. The summed E-state index contributed by atoms with van der Waals surface area (Å²) >= 11 is 6.19. The summed E-state index contributed by atoms with van der Waals surface area (Å²) < 4.78 is 31.5. The summed E-state index contributed by atoms with van der Waals surface area (Å²) in [6.07, 6.45) is 1.14. The molecule has 3 aromatic rings. The van der Waals surface area contributed by atoms with E-state index in [1.807, 2.05) is 25.1 Å². The zero-order valence-electron chi connectivity index (χ0n) is 17.2. The van der Waals surface area contributed by atoms with Crippen molar-refractivity contribution in [2.75, 3.05) is 22.5 Å². The van der Waals surface area contributed by atoms with Crippen LogP contribution in [0.3, 0.4) is 0 Å². The molecule has 31 heavy (non-hydrogen) atoms. The molecule has 3 rings (SSSR count). The molecule has 0 saturated carbocycles. The summed E-state index contributed by atoms with van der Waals surface area (Å²) in [5, 5.41) is 3.27. The van der Waals surface area contributed by atoms with Crippen molar-refractivity contribution < 1.29 is 17.9 Å². The number of aryl methyl sites for hydroxylation is 1. The van der Waals surface area contributed by atoms with E-state index < -0.39 is 10.0 Å². The smallest absolute Gasteiger partial charge is 0.262 e. The van der Waals surface area contributed by atoms with E-state index >= 15 is 0 Å². The molecule has 0 radical (unpaired) electrons. The maximum Gasteiger partial charge on any atom is 0.262 e. The molecule has 6 nitrogen and oxygen atoms in total. The second kappa shape index (κ2) is 9.85. The van der Waals surface area contributed by atoms with Crippen molar-refractivity contribution in [3.63, 3.8) is 0 Å². The molecule has 0 atom stereocenters. The van der Waals surface area contributed by atoms with Crippen LogP contribution in [0.2, 0.25) is 5.02 Å². The van der Waals surface area contributed by atoms with E-state index in [0.29, 0.717) is 27.7 Å². The molecule has 3 aromatic carbocycles. The van der Waals surface area contributed by atoms with E-state index in [0.717, 1.165) is 11.8 Å². The maximum absolute atomic E-state index is 12.3. The highest BCUT2D eigenvalue weighted by atomic mass is 35.5. The van der Waals surface area contributed by atoms with Gasteiger partial charge >= 0.3 is 0 Å². The first-order valence-electron chi connectivity index (χ1n) is 9.53. The Morgan fingerprint density at radius 3 is 2.39 bits per heavy atom. The van der Waals surface area contributed by atoms with E-state index in [4.69, 9.17) is 16.3 Å². The van der Waals surface area contributed by atoms with Crippen LogP contribution in [0, 0.1) is 6.92 Å². The summed E-state index contributed by atoms with van der Waals surface area (Å²) in [7, 11) is -3.54. The van der Waals surface area contributed by atoms with Gasteiger partial charge in [0, 0.05) is 10.7 Å². The number of ether oxygens (including phenoxy) is 1. The number of hydrogen-bond donors (Lipinski definition) is 1. The molecule has 0 unspecified atom stereocenters. The highest BCUT2D eigenvalue weighted by Gasteiger charge is 2.19. The lowest BCUT2D eigenvalue weighted by molar-refractivity contribution is -0.118. The topological polar surface area (TPSA) is 75.7 Å². The van der Waals surface area contributed by atoms with Gasteiger partial charge in [0.2, 0.25) is 10.0 Å². The second-order valence-electron chi connectivity index (χ2n) is 7.06. The van der Waals surface area contributed by atoms with Crippen LogP contribution in [0.15, 0.2) is 72.8 Å².